The number of amides is 1. The number of thioether (sulfide) groups is 1. The molecule has 0 radical (unpaired) electrons. The number of esters is 1. The third kappa shape index (κ3) is 39.8. The molecule has 0 aliphatic rings. The zero-order chi connectivity index (χ0) is 27.7. The molecular weight excluding hydrogens is 498 g/mol. The fourth-order valence-corrected chi connectivity index (χ4v) is 4.53. The average Bonchev–Trinajstić information content (AvgIpc) is 2.89. The van der Waals surface area contributed by atoms with Crippen molar-refractivity contribution in [2.45, 2.75) is 130 Å². The van der Waals surface area contributed by atoms with Crippen LogP contribution in [-0.4, -0.2) is 42.3 Å². The zero-order valence-electron chi connectivity index (χ0n) is 24.4. The monoisotopic (exact) mass is 557 g/mol. The summed E-state index contributed by atoms with van der Waals surface area (Å²) in [5.74, 6) is 2.48. The third-order valence-electron chi connectivity index (χ3n) is 5.85. The molecule has 0 heterocycles. The van der Waals surface area contributed by atoms with Crippen molar-refractivity contribution in [2.24, 2.45) is 0 Å². The highest BCUT2D eigenvalue weighted by Gasteiger charge is 2.02. The molecular formula is C31H59NO3S2. The maximum atomic E-state index is 11.7. The molecule has 0 atom stereocenters. The highest BCUT2D eigenvalue weighted by Crippen LogP contribution is 2.13. The van der Waals surface area contributed by atoms with Crippen LogP contribution in [0.15, 0.2) is 24.3 Å². The van der Waals surface area contributed by atoms with Gasteiger partial charge < -0.3 is 10.1 Å². The van der Waals surface area contributed by atoms with Gasteiger partial charge in [0.05, 0.1) is 13.0 Å². The van der Waals surface area contributed by atoms with E-state index in [1.54, 1.807) is 11.8 Å². The maximum Gasteiger partial charge on any atom is 0.306 e. The molecule has 0 unspecified atom stereocenters. The Morgan fingerprint density at radius 2 is 1.32 bits per heavy atom. The molecule has 0 aromatic rings. The average molecular weight is 558 g/mol. The molecule has 4 nitrogen and oxygen atoms in total. The van der Waals surface area contributed by atoms with Crippen LogP contribution in [0.2, 0.25) is 0 Å². The molecule has 218 valence electrons. The van der Waals surface area contributed by atoms with E-state index in [-0.39, 0.29) is 11.9 Å². The standard InChI is InChI=1S/C27H50O2S.C4H9NOS/c1-3-5-7-9-10-11-12-13-14-15-16-17-18-19-20-21-24-29-27(28)23-26-30-25-22-8-6-4-2;1-4(6)5-2-3-7/h4,6,8,22H,3,5,7,9-21,23-26H2,1-2H3;7H,2-3H2,1H3,(H,5,6). The van der Waals surface area contributed by atoms with E-state index >= 15 is 0 Å². The van der Waals surface area contributed by atoms with E-state index in [9.17, 15) is 9.59 Å². The van der Waals surface area contributed by atoms with Crippen molar-refractivity contribution in [2.75, 3.05) is 30.4 Å². The lowest BCUT2D eigenvalue weighted by molar-refractivity contribution is -0.143. The van der Waals surface area contributed by atoms with Crippen molar-refractivity contribution < 1.29 is 14.3 Å². The molecule has 0 spiro atoms. The summed E-state index contributed by atoms with van der Waals surface area (Å²) < 4.78 is 5.32. The van der Waals surface area contributed by atoms with Crippen LogP contribution in [-0.2, 0) is 14.3 Å². The molecule has 1 amide bonds. The number of allylic oxidation sites excluding steroid dienone is 3. The zero-order valence-corrected chi connectivity index (χ0v) is 26.2. The van der Waals surface area contributed by atoms with Gasteiger partial charge in [0.15, 0.2) is 0 Å². The topological polar surface area (TPSA) is 55.4 Å². The van der Waals surface area contributed by atoms with Crippen LogP contribution in [0.3, 0.4) is 0 Å². The lowest BCUT2D eigenvalue weighted by Gasteiger charge is -2.05. The molecule has 0 aromatic heterocycles. The summed E-state index contributed by atoms with van der Waals surface area (Å²) in [6, 6.07) is 0. The summed E-state index contributed by atoms with van der Waals surface area (Å²) in [5.41, 5.74) is 0. The smallest absolute Gasteiger partial charge is 0.306 e. The molecule has 37 heavy (non-hydrogen) atoms. The van der Waals surface area contributed by atoms with Gasteiger partial charge >= 0.3 is 5.97 Å². The maximum absolute atomic E-state index is 11.7. The molecule has 0 fully saturated rings. The number of rotatable bonds is 25. The fourth-order valence-electron chi connectivity index (χ4n) is 3.69. The van der Waals surface area contributed by atoms with Crippen molar-refractivity contribution in [3.8, 4) is 0 Å². The van der Waals surface area contributed by atoms with Crippen LogP contribution in [0.1, 0.15) is 130 Å². The van der Waals surface area contributed by atoms with Crippen LogP contribution < -0.4 is 5.32 Å². The Morgan fingerprint density at radius 3 is 1.76 bits per heavy atom. The van der Waals surface area contributed by atoms with Gasteiger partial charge in [-0.2, -0.15) is 24.4 Å². The predicted molar refractivity (Wildman–Crippen MR) is 169 cm³/mol. The quantitative estimate of drug-likeness (QED) is 0.0509. The molecule has 0 saturated carbocycles. The number of thiol groups is 1. The predicted octanol–water partition coefficient (Wildman–Crippen LogP) is 9.10. The molecule has 1 N–H and O–H groups in total. The van der Waals surface area contributed by atoms with E-state index in [1.165, 1.54) is 103 Å². The second kappa shape index (κ2) is 35.1. The van der Waals surface area contributed by atoms with Crippen LogP contribution in [0, 0.1) is 0 Å². The van der Waals surface area contributed by atoms with Gasteiger partial charge in [0.25, 0.3) is 0 Å². The van der Waals surface area contributed by atoms with Gasteiger partial charge in [-0.05, 0) is 13.3 Å². The van der Waals surface area contributed by atoms with E-state index in [4.69, 9.17) is 4.74 Å². The first-order valence-electron chi connectivity index (χ1n) is 14.9. The van der Waals surface area contributed by atoms with Crippen molar-refractivity contribution in [1.29, 1.82) is 0 Å². The van der Waals surface area contributed by atoms with Gasteiger partial charge in [-0.25, -0.2) is 0 Å². The highest BCUT2D eigenvalue weighted by atomic mass is 32.2. The molecule has 0 aromatic carbocycles. The number of nitrogens with one attached hydrogen (secondary N) is 1. The van der Waals surface area contributed by atoms with E-state index in [0.717, 1.165) is 17.9 Å². The van der Waals surface area contributed by atoms with Gasteiger partial charge in [-0.3, -0.25) is 9.59 Å². The Labute approximate surface area is 240 Å². The van der Waals surface area contributed by atoms with E-state index in [1.807, 2.05) is 25.2 Å². The van der Waals surface area contributed by atoms with Crippen LogP contribution >= 0.6 is 24.4 Å². The van der Waals surface area contributed by atoms with Crippen LogP contribution in [0.25, 0.3) is 0 Å². The summed E-state index contributed by atoms with van der Waals surface area (Å²) in [4.78, 5) is 21.7. The largest absolute Gasteiger partial charge is 0.466 e. The number of hydrogen-bond donors (Lipinski definition) is 2. The molecule has 0 rings (SSSR count). The van der Waals surface area contributed by atoms with Crippen molar-refractivity contribution in [3.05, 3.63) is 24.3 Å². The Balaban J connectivity index is 0. The highest BCUT2D eigenvalue weighted by molar-refractivity contribution is 7.99. The van der Waals surface area contributed by atoms with Gasteiger partial charge in [0.2, 0.25) is 5.91 Å². The lowest BCUT2D eigenvalue weighted by Crippen LogP contribution is -2.21. The summed E-state index contributed by atoms with van der Waals surface area (Å²) in [6.07, 6.45) is 30.6. The normalized spacial score (nSPS) is 11.0. The summed E-state index contributed by atoms with van der Waals surface area (Å²) in [6.45, 7) is 7.05. The number of carbonyl (C=O) groups is 2. The first-order valence-corrected chi connectivity index (χ1v) is 16.7. The minimum Gasteiger partial charge on any atom is -0.466 e. The number of carbonyl (C=O) groups excluding carboxylic acids is 2. The van der Waals surface area contributed by atoms with Crippen molar-refractivity contribution in [1.82, 2.24) is 5.32 Å². The van der Waals surface area contributed by atoms with Crippen molar-refractivity contribution >= 4 is 36.3 Å². The SMILES string of the molecule is CC(=O)NCCS.CC=CC=CCSCCC(=O)OCCCCCCCCCCCCCCCCCC. The first kappa shape index (κ1) is 38.3. The second-order valence-corrected chi connectivity index (χ2v) is 11.1. The summed E-state index contributed by atoms with van der Waals surface area (Å²) >= 11 is 5.66. The molecule has 6 heteroatoms. The number of ether oxygens (including phenoxy) is 1. The first-order chi connectivity index (χ1) is 18.1. The van der Waals surface area contributed by atoms with E-state index < -0.39 is 0 Å². The van der Waals surface area contributed by atoms with E-state index in [0.29, 0.717) is 25.3 Å². The number of unbranched alkanes of at least 4 members (excludes halogenated alkanes) is 15. The lowest BCUT2D eigenvalue weighted by atomic mass is 10.0. The Hall–Kier alpha value is -0.880. The summed E-state index contributed by atoms with van der Waals surface area (Å²) in [5, 5.41) is 2.58. The Morgan fingerprint density at radius 1 is 0.811 bits per heavy atom. The van der Waals surface area contributed by atoms with Crippen molar-refractivity contribution in [3.63, 3.8) is 0 Å². The van der Waals surface area contributed by atoms with Gasteiger partial charge in [-0.1, -0.05) is 128 Å². The van der Waals surface area contributed by atoms with Crippen LogP contribution in [0.4, 0.5) is 0 Å². The molecule has 0 aliphatic carbocycles. The minimum absolute atomic E-state index is 0.00838. The van der Waals surface area contributed by atoms with Gasteiger partial charge in [0.1, 0.15) is 0 Å². The van der Waals surface area contributed by atoms with E-state index in [2.05, 4.69) is 30.9 Å². The molecule has 0 saturated heterocycles. The fraction of sp³-hybridized carbons (Fsp3) is 0.806. The third-order valence-corrected chi connectivity index (χ3v) is 7.00. The second-order valence-electron chi connectivity index (χ2n) is 9.51. The molecule has 0 aliphatic heterocycles. The van der Waals surface area contributed by atoms with Crippen LogP contribution in [0.5, 0.6) is 0 Å². The van der Waals surface area contributed by atoms with Gasteiger partial charge in [-0.15, -0.1) is 0 Å². The number of hydrogen-bond acceptors (Lipinski definition) is 5. The summed E-state index contributed by atoms with van der Waals surface area (Å²) in [7, 11) is 0. The van der Waals surface area contributed by atoms with Gasteiger partial charge in [0, 0.05) is 30.7 Å². The molecule has 0 bridgehead atoms. The Bertz CT molecular complexity index is 539. The Kier molecular flexibility index (Phi) is 36.3. The minimum atomic E-state index is -0.0408.